The van der Waals surface area contributed by atoms with Gasteiger partial charge in [-0.1, -0.05) is 36.4 Å². The fourth-order valence-electron chi connectivity index (χ4n) is 4.74. The third-order valence-corrected chi connectivity index (χ3v) is 6.15. The maximum absolute atomic E-state index is 13.6. The Morgan fingerprint density at radius 3 is 2.50 bits per heavy atom. The van der Waals surface area contributed by atoms with E-state index in [0.29, 0.717) is 35.4 Å². The number of carbonyl (C=O) groups excluding carboxylic acids is 1. The quantitative estimate of drug-likeness (QED) is 0.767. The van der Waals surface area contributed by atoms with Crippen LogP contribution in [-0.4, -0.2) is 42.1 Å². The number of hydrazine groups is 1. The van der Waals surface area contributed by atoms with Gasteiger partial charge in [0.15, 0.2) is 17.3 Å². The minimum absolute atomic E-state index is 0.00856. The summed E-state index contributed by atoms with van der Waals surface area (Å²) in [7, 11) is 5.14. The molecule has 1 aliphatic heterocycles. The van der Waals surface area contributed by atoms with Crippen LogP contribution in [0.5, 0.6) is 11.5 Å². The molecule has 7 nitrogen and oxygen atoms in total. The molecule has 0 radical (unpaired) electrons. The van der Waals surface area contributed by atoms with E-state index in [-0.39, 0.29) is 23.2 Å². The zero-order valence-corrected chi connectivity index (χ0v) is 18.4. The van der Waals surface area contributed by atoms with Gasteiger partial charge < -0.3 is 15.6 Å². The molecule has 32 heavy (non-hydrogen) atoms. The van der Waals surface area contributed by atoms with Gasteiger partial charge in [0, 0.05) is 31.8 Å². The highest BCUT2D eigenvalue weighted by atomic mass is 16.5. The molecule has 0 amide bonds. The van der Waals surface area contributed by atoms with Crippen molar-refractivity contribution in [3.05, 3.63) is 82.3 Å². The van der Waals surface area contributed by atoms with Gasteiger partial charge in [-0.25, -0.2) is 5.01 Å². The lowest BCUT2D eigenvalue weighted by molar-refractivity contribution is -0.117. The Labute approximate surface area is 187 Å². The first-order valence-corrected chi connectivity index (χ1v) is 10.4. The number of nitriles is 1. The standard InChI is InChI=1S/C25H26N4O3/c1-28(2)29-19-11-17(15-7-5-4-6-8-15)12-21(31)24(19)23(18(14-26)25(29)27)16-9-10-20(30)22(13-16)32-3/h4-10,13,17,23,30H,11-12,27H2,1-3H3/t17-,23+/m1/s1. The lowest BCUT2D eigenvalue weighted by Crippen LogP contribution is -2.46. The SMILES string of the molecule is COc1cc([C@H]2C(C#N)=C(N)N(N(C)C)C3=C2C(=O)C[C@H](c2ccccc2)C3)ccc1O. The van der Waals surface area contributed by atoms with E-state index in [1.165, 1.54) is 13.2 Å². The largest absolute Gasteiger partial charge is 0.504 e. The van der Waals surface area contributed by atoms with Gasteiger partial charge >= 0.3 is 0 Å². The number of ether oxygens (including phenoxy) is 1. The first-order chi connectivity index (χ1) is 15.4. The second-order valence-electron chi connectivity index (χ2n) is 8.23. The summed E-state index contributed by atoms with van der Waals surface area (Å²) in [6.45, 7) is 0. The number of ketones is 1. The van der Waals surface area contributed by atoms with E-state index in [9.17, 15) is 15.2 Å². The summed E-state index contributed by atoms with van der Waals surface area (Å²) in [6, 6.07) is 17.1. The normalized spacial score (nSPS) is 21.0. The van der Waals surface area contributed by atoms with E-state index in [1.54, 1.807) is 22.2 Å². The highest BCUT2D eigenvalue weighted by Crippen LogP contribution is 2.48. The maximum Gasteiger partial charge on any atom is 0.162 e. The number of nitrogens with zero attached hydrogens (tertiary/aromatic N) is 3. The molecule has 3 N–H and O–H groups in total. The molecule has 1 heterocycles. The number of Topliss-reactive ketones (excluding diaryl/α,β-unsaturated/α-hetero) is 1. The summed E-state index contributed by atoms with van der Waals surface area (Å²) in [5.74, 6) is -0.0352. The van der Waals surface area contributed by atoms with Gasteiger partial charge in [0.1, 0.15) is 5.82 Å². The van der Waals surface area contributed by atoms with E-state index < -0.39 is 5.92 Å². The van der Waals surface area contributed by atoms with Gasteiger partial charge in [-0.15, -0.1) is 0 Å². The van der Waals surface area contributed by atoms with Crippen LogP contribution in [0, 0.1) is 11.3 Å². The second-order valence-corrected chi connectivity index (χ2v) is 8.23. The van der Waals surface area contributed by atoms with Gasteiger partial charge in [0.05, 0.1) is 24.7 Å². The van der Waals surface area contributed by atoms with Crippen LogP contribution in [0.3, 0.4) is 0 Å². The van der Waals surface area contributed by atoms with Crippen molar-refractivity contribution in [3.8, 4) is 17.6 Å². The molecule has 0 fully saturated rings. The Morgan fingerprint density at radius 1 is 1.16 bits per heavy atom. The van der Waals surface area contributed by atoms with Crippen LogP contribution in [0.4, 0.5) is 0 Å². The molecule has 0 unspecified atom stereocenters. The highest BCUT2D eigenvalue weighted by Gasteiger charge is 2.43. The number of phenolic OH excluding ortho intramolecular Hbond substituents is 1. The number of carbonyl (C=O) groups is 1. The number of rotatable bonds is 4. The predicted molar refractivity (Wildman–Crippen MR) is 120 cm³/mol. The minimum atomic E-state index is -0.620. The molecule has 0 spiro atoms. The van der Waals surface area contributed by atoms with Gasteiger partial charge in [-0.2, -0.15) is 5.26 Å². The fourth-order valence-corrected chi connectivity index (χ4v) is 4.74. The van der Waals surface area contributed by atoms with Gasteiger partial charge in [0.2, 0.25) is 0 Å². The number of nitrogens with two attached hydrogens (primary N) is 1. The Balaban J connectivity index is 1.91. The van der Waals surface area contributed by atoms with Crippen molar-refractivity contribution >= 4 is 5.78 Å². The summed E-state index contributed by atoms with van der Waals surface area (Å²) >= 11 is 0. The second kappa shape index (κ2) is 8.40. The molecule has 2 aromatic rings. The molecular formula is C25H26N4O3. The monoisotopic (exact) mass is 430 g/mol. The van der Waals surface area contributed by atoms with Gasteiger partial charge in [-0.3, -0.25) is 9.80 Å². The molecule has 2 aromatic carbocycles. The Hall–Kier alpha value is -3.76. The first kappa shape index (κ1) is 21.5. The third kappa shape index (κ3) is 3.49. The third-order valence-electron chi connectivity index (χ3n) is 6.15. The van der Waals surface area contributed by atoms with Crippen molar-refractivity contribution in [1.29, 1.82) is 5.26 Å². The topological polar surface area (TPSA) is 103 Å². The van der Waals surface area contributed by atoms with Gasteiger partial charge in [0.25, 0.3) is 0 Å². The molecule has 0 bridgehead atoms. The fraction of sp³-hybridized carbons (Fsp3) is 0.280. The van der Waals surface area contributed by atoms with Crippen molar-refractivity contribution in [3.63, 3.8) is 0 Å². The van der Waals surface area contributed by atoms with Crippen LogP contribution in [0.2, 0.25) is 0 Å². The van der Waals surface area contributed by atoms with Crippen LogP contribution >= 0.6 is 0 Å². The number of phenols is 1. The summed E-state index contributed by atoms with van der Waals surface area (Å²) < 4.78 is 5.27. The van der Waals surface area contributed by atoms with Crippen molar-refractivity contribution in [2.45, 2.75) is 24.7 Å². The van der Waals surface area contributed by atoms with Crippen LogP contribution in [0.1, 0.15) is 35.8 Å². The average molecular weight is 431 g/mol. The van der Waals surface area contributed by atoms with Crippen LogP contribution in [-0.2, 0) is 4.79 Å². The maximum atomic E-state index is 13.6. The molecule has 0 saturated carbocycles. The molecular weight excluding hydrogens is 404 g/mol. The molecule has 0 aromatic heterocycles. The Bertz CT molecular complexity index is 1160. The van der Waals surface area contributed by atoms with Crippen LogP contribution in [0.25, 0.3) is 0 Å². The molecule has 7 heteroatoms. The van der Waals surface area contributed by atoms with E-state index in [1.807, 2.05) is 44.4 Å². The van der Waals surface area contributed by atoms with Crippen molar-refractivity contribution in [1.82, 2.24) is 10.0 Å². The first-order valence-electron chi connectivity index (χ1n) is 10.4. The van der Waals surface area contributed by atoms with E-state index in [0.717, 1.165) is 11.3 Å². The zero-order chi connectivity index (χ0) is 23.0. The molecule has 164 valence electrons. The molecule has 2 atom stereocenters. The molecule has 2 aliphatic rings. The number of allylic oxidation sites excluding steroid dienone is 3. The van der Waals surface area contributed by atoms with E-state index >= 15 is 0 Å². The summed E-state index contributed by atoms with van der Waals surface area (Å²) in [6.07, 6.45) is 0.975. The number of methoxy groups -OCH3 is 1. The number of aromatic hydroxyl groups is 1. The average Bonchev–Trinajstić information content (AvgIpc) is 2.78. The summed E-state index contributed by atoms with van der Waals surface area (Å²) in [5, 5.41) is 23.7. The molecule has 0 saturated heterocycles. The van der Waals surface area contributed by atoms with Crippen molar-refractivity contribution in [2.24, 2.45) is 5.73 Å². The zero-order valence-electron chi connectivity index (χ0n) is 18.4. The Morgan fingerprint density at radius 2 is 1.88 bits per heavy atom. The minimum Gasteiger partial charge on any atom is -0.504 e. The highest BCUT2D eigenvalue weighted by molar-refractivity contribution is 6.00. The smallest absolute Gasteiger partial charge is 0.162 e. The van der Waals surface area contributed by atoms with Crippen molar-refractivity contribution < 1.29 is 14.6 Å². The van der Waals surface area contributed by atoms with E-state index in [4.69, 9.17) is 10.5 Å². The van der Waals surface area contributed by atoms with Crippen molar-refractivity contribution in [2.75, 3.05) is 21.2 Å². The lowest BCUT2D eigenvalue weighted by Gasteiger charge is -2.43. The van der Waals surface area contributed by atoms with Crippen LogP contribution < -0.4 is 10.5 Å². The van der Waals surface area contributed by atoms with Crippen LogP contribution in [0.15, 0.2) is 71.2 Å². The van der Waals surface area contributed by atoms with Gasteiger partial charge in [-0.05, 0) is 35.6 Å². The molecule has 1 aliphatic carbocycles. The number of hydrogen-bond acceptors (Lipinski definition) is 7. The number of hydrogen-bond donors (Lipinski definition) is 2. The van der Waals surface area contributed by atoms with E-state index in [2.05, 4.69) is 6.07 Å². The lowest BCUT2D eigenvalue weighted by atomic mass is 9.72. The Kier molecular flexibility index (Phi) is 5.64. The molecule has 4 rings (SSSR count). The summed E-state index contributed by atoms with van der Waals surface area (Å²) in [5.41, 5.74) is 9.97. The number of benzene rings is 2. The summed E-state index contributed by atoms with van der Waals surface area (Å²) in [4.78, 5) is 13.6. The predicted octanol–water partition coefficient (Wildman–Crippen LogP) is 3.37.